The average molecular weight is 346 g/mol. The van der Waals surface area contributed by atoms with Crippen molar-refractivity contribution >= 4 is 16.8 Å². The third-order valence-corrected chi connectivity index (χ3v) is 5.71. The minimum absolute atomic E-state index is 0.163. The normalized spacial score (nSPS) is 15.6. The molecule has 1 aliphatic rings. The fourth-order valence-electron chi connectivity index (χ4n) is 4.20. The summed E-state index contributed by atoms with van der Waals surface area (Å²) in [4.78, 5) is 18.4. The number of aromatic amines is 1. The number of rotatable bonds is 2. The van der Waals surface area contributed by atoms with Gasteiger partial charge in [0.1, 0.15) is 0 Å². The molecule has 26 heavy (non-hydrogen) atoms. The summed E-state index contributed by atoms with van der Waals surface area (Å²) in [5, 5.41) is 1.33. The number of aromatic nitrogens is 1. The van der Waals surface area contributed by atoms with Crippen molar-refractivity contribution in [2.24, 2.45) is 0 Å². The second kappa shape index (κ2) is 6.64. The monoisotopic (exact) mass is 346 g/mol. The van der Waals surface area contributed by atoms with Gasteiger partial charge in [0.25, 0.3) is 5.91 Å². The van der Waals surface area contributed by atoms with Gasteiger partial charge in [-0.25, -0.2) is 0 Å². The number of nitrogens with one attached hydrogen (secondary N) is 1. The lowest BCUT2D eigenvalue weighted by molar-refractivity contribution is 0.0712. The lowest BCUT2D eigenvalue weighted by Crippen LogP contribution is -2.38. The van der Waals surface area contributed by atoms with E-state index in [1.165, 1.54) is 27.7 Å². The van der Waals surface area contributed by atoms with Crippen LogP contribution in [0.1, 0.15) is 51.5 Å². The third-order valence-electron chi connectivity index (χ3n) is 5.71. The summed E-state index contributed by atoms with van der Waals surface area (Å²) in [6.07, 6.45) is 2.04. The highest BCUT2D eigenvalue weighted by Crippen LogP contribution is 2.34. The van der Waals surface area contributed by atoms with Crippen LogP contribution in [0, 0.1) is 20.8 Å². The van der Waals surface area contributed by atoms with Crippen molar-refractivity contribution in [3.8, 4) is 0 Å². The molecule has 2 heterocycles. The van der Waals surface area contributed by atoms with Crippen LogP contribution < -0.4 is 0 Å². The first-order valence-corrected chi connectivity index (χ1v) is 9.47. The van der Waals surface area contributed by atoms with Crippen molar-refractivity contribution in [1.29, 1.82) is 0 Å². The van der Waals surface area contributed by atoms with Crippen LogP contribution in [0.4, 0.5) is 0 Å². The van der Waals surface area contributed by atoms with Crippen molar-refractivity contribution in [2.75, 3.05) is 13.1 Å². The molecule has 1 N–H and O–H groups in total. The summed E-state index contributed by atoms with van der Waals surface area (Å²) >= 11 is 0. The van der Waals surface area contributed by atoms with E-state index < -0.39 is 0 Å². The van der Waals surface area contributed by atoms with Crippen LogP contribution in [0.15, 0.2) is 42.5 Å². The molecule has 2 aromatic carbocycles. The summed E-state index contributed by atoms with van der Waals surface area (Å²) in [5.41, 5.74) is 7.18. The van der Waals surface area contributed by atoms with Gasteiger partial charge in [-0.15, -0.1) is 0 Å². The maximum absolute atomic E-state index is 12.8. The second-order valence-electron chi connectivity index (χ2n) is 7.65. The van der Waals surface area contributed by atoms with Crippen LogP contribution in [0.5, 0.6) is 0 Å². The predicted octanol–water partition coefficient (Wildman–Crippen LogP) is 5.11. The number of amides is 1. The summed E-state index contributed by atoms with van der Waals surface area (Å²) in [5.74, 6) is 0.667. The molecule has 3 aromatic rings. The minimum atomic E-state index is 0.163. The van der Waals surface area contributed by atoms with Crippen molar-refractivity contribution < 1.29 is 4.79 Å². The van der Waals surface area contributed by atoms with Gasteiger partial charge in [0.05, 0.1) is 0 Å². The third kappa shape index (κ3) is 3.03. The highest BCUT2D eigenvalue weighted by molar-refractivity contribution is 5.94. The molecule has 0 bridgehead atoms. The molecule has 1 aromatic heterocycles. The Hall–Kier alpha value is -2.55. The highest BCUT2D eigenvalue weighted by Gasteiger charge is 2.26. The Morgan fingerprint density at radius 3 is 2.46 bits per heavy atom. The fourth-order valence-corrected chi connectivity index (χ4v) is 4.20. The number of benzene rings is 2. The van der Waals surface area contributed by atoms with Crippen molar-refractivity contribution in [1.82, 2.24) is 9.88 Å². The van der Waals surface area contributed by atoms with Crippen LogP contribution >= 0.6 is 0 Å². The number of hydrogen-bond acceptors (Lipinski definition) is 1. The molecule has 1 saturated heterocycles. The summed E-state index contributed by atoms with van der Waals surface area (Å²) in [6, 6.07) is 14.5. The van der Waals surface area contributed by atoms with E-state index in [0.717, 1.165) is 37.1 Å². The van der Waals surface area contributed by atoms with Gasteiger partial charge < -0.3 is 9.88 Å². The molecule has 0 spiro atoms. The number of aryl methyl sites for hydroxylation is 3. The van der Waals surface area contributed by atoms with Gasteiger partial charge in [0.2, 0.25) is 0 Å². The van der Waals surface area contributed by atoms with Crippen molar-refractivity contribution in [2.45, 2.75) is 39.5 Å². The number of piperidine rings is 1. The van der Waals surface area contributed by atoms with E-state index in [1.807, 2.05) is 36.1 Å². The molecule has 1 fully saturated rings. The Morgan fingerprint density at radius 1 is 1.00 bits per heavy atom. The molecular weight excluding hydrogens is 320 g/mol. The Bertz CT molecular complexity index is 961. The van der Waals surface area contributed by atoms with E-state index in [1.54, 1.807) is 0 Å². The van der Waals surface area contributed by atoms with Crippen LogP contribution in [-0.2, 0) is 0 Å². The molecule has 0 radical (unpaired) electrons. The maximum atomic E-state index is 12.8. The zero-order valence-corrected chi connectivity index (χ0v) is 15.8. The van der Waals surface area contributed by atoms with E-state index >= 15 is 0 Å². The van der Waals surface area contributed by atoms with Crippen molar-refractivity contribution in [3.63, 3.8) is 0 Å². The van der Waals surface area contributed by atoms with E-state index in [0.29, 0.717) is 5.92 Å². The lowest BCUT2D eigenvalue weighted by atomic mass is 9.91. The van der Waals surface area contributed by atoms with Gasteiger partial charge >= 0.3 is 0 Å². The number of nitrogens with zero attached hydrogens (tertiary/aromatic N) is 1. The first-order chi connectivity index (χ1) is 12.5. The second-order valence-corrected chi connectivity index (χ2v) is 7.65. The number of fused-ring (bicyclic) bond motifs is 1. The van der Waals surface area contributed by atoms with Gasteiger partial charge in [0, 0.05) is 41.2 Å². The largest absolute Gasteiger partial charge is 0.358 e. The smallest absolute Gasteiger partial charge is 0.253 e. The molecule has 1 aliphatic heterocycles. The molecular formula is C23H26N2O. The van der Waals surface area contributed by atoms with Gasteiger partial charge in [0.15, 0.2) is 0 Å². The fraction of sp³-hybridized carbons (Fsp3) is 0.348. The Morgan fingerprint density at radius 2 is 1.73 bits per heavy atom. The first kappa shape index (κ1) is 16.9. The van der Waals surface area contributed by atoms with Crippen LogP contribution in [0.3, 0.4) is 0 Å². The Balaban J connectivity index is 1.50. The summed E-state index contributed by atoms with van der Waals surface area (Å²) in [6.45, 7) is 8.04. The molecule has 1 amide bonds. The maximum Gasteiger partial charge on any atom is 0.253 e. The Labute approximate surface area is 155 Å². The number of likely N-dealkylation sites (tertiary alicyclic amines) is 1. The molecule has 3 nitrogen and oxygen atoms in total. The lowest BCUT2D eigenvalue weighted by Gasteiger charge is -2.32. The number of hydrogen-bond donors (Lipinski definition) is 1. The molecule has 0 saturated carbocycles. The minimum Gasteiger partial charge on any atom is -0.358 e. The molecule has 3 heteroatoms. The van der Waals surface area contributed by atoms with Crippen LogP contribution in [0.25, 0.3) is 10.9 Å². The van der Waals surface area contributed by atoms with E-state index in [9.17, 15) is 4.79 Å². The topological polar surface area (TPSA) is 36.1 Å². The average Bonchev–Trinajstić information content (AvgIpc) is 2.97. The quantitative estimate of drug-likeness (QED) is 0.687. The first-order valence-electron chi connectivity index (χ1n) is 9.47. The van der Waals surface area contributed by atoms with E-state index in [4.69, 9.17) is 0 Å². The summed E-state index contributed by atoms with van der Waals surface area (Å²) in [7, 11) is 0. The molecule has 0 unspecified atom stereocenters. The number of carbonyl (C=O) groups is 1. The zero-order valence-electron chi connectivity index (χ0n) is 15.8. The molecule has 4 rings (SSSR count). The molecule has 0 atom stereocenters. The van der Waals surface area contributed by atoms with E-state index in [-0.39, 0.29) is 5.91 Å². The van der Waals surface area contributed by atoms with Gasteiger partial charge in [-0.3, -0.25) is 4.79 Å². The van der Waals surface area contributed by atoms with Crippen LogP contribution in [-0.4, -0.2) is 28.9 Å². The van der Waals surface area contributed by atoms with Crippen LogP contribution in [0.2, 0.25) is 0 Å². The predicted molar refractivity (Wildman–Crippen MR) is 107 cm³/mol. The zero-order chi connectivity index (χ0) is 18.3. The summed E-state index contributed by atoms with van der Waals surface area (Å²) < 4.78 is 0. The molecule has 134 valence electrons. The number of carbonyl (C=O) groups excluding carboxylic acids is 1. The van der Waals surface area contributed by atoms with Gasteiger partial charge in [-0.2, -0.15) is 0 Å². The van der Waals surface area contributed by atoms with Gasteiger partial charge in [-0.1, -0.05) is 29.3 Å². The SMILES string of the molecule is Cc1cccc(C(=O)N2CCC(c3[nH]c4ccc(C)cc4c3C)CC2)c1. The standard InChI is InChI=1S/C23H26N2O/c1-15-5-4-6-19(13-15)23(26)25-11-9-18(10-12-25)22-17(3)20-14-16(2)7-8-21(20)24-22/h4-8,13-14,18,24H,9-12H2,1-3H3. The van der Waals surface area contributed by atoms with Crippen molar-refractivity contribution in [3.05, 3.63) is 70.4 Å². The number of H-pyrrole nitrogens is 1. The van der Waals surface area contributed by atoms with Gasteiger partial charge in [-0.05, 0) is 63.4 Å². The van der Waals surface area contributed by atoms with E-state index in [2.05, 4.69) is 37.0 Å². The Kier molecular flexibility index (Phi) is 4.31. The highest BCUT2D eigenvalue weighted by atomic mass is 16.2. The molecule has 0 aliphatic carbocycles.